The lowest BCUT2D eigenvalue weighted by molar-refractivity contribution is 0.347. The molecule has 0 amide bonds. The number of fused-ring (bicyclic) bond motifs is 1. The Bertz CT molecular complexity index is 363. The molecule has 0 spiro atoms. The second-order valence-corrected chi connectivity index (χ2v) is 2.32. The Hall–Kier alpha value is -1.09. The van der Waals surface area contributed by atoms with Crippen molar-refractivity contribution in [2.75, 3.05) is 0 Å². The van der Waals surface area contributed by atoms with Crippen LogP contribution in [0.15, 0.2) is 16.7 Å². The van der Waals surface area contributed by atoms with Crippen LogP contribution in [-0.4, -0.2) is 10.1 Å². The number of furan rings is 1. The molecule has 2 heterocycles. The largest absolute Gasteiger partial charge is 0.480 e. The van der Waals surface area contributed by atoms with Gasteiger partial charge in [0.15, 0.2) is 5.58 Å². The lowest BCUT2D eigenvalue weighted by atomic mass is 10.5. The van der Waals surface area contributed by atoms with Gasteiger partial charge in [-0.15, -0.1) is 0 Å². The summed E-state index contributed by atoms with van der Waals surface area (Å²) in [5.41, 5.74) is 1.21. The van der Waals surface area contributed by atoms with Gasteiger partial charge in [-0.25, -0.2) is 0 Å². The normalized spacial score (nSPS) is 10.9. The standard InChI is InChI=1S/C6H4ClNO2/c7-4-5-3(1-2-8-5)10-6(4)9/h1-2,8-9H. The average Bonchev–Trinajstić information content (AvgIpc) is 2.41. The highest BCUT2D eigenvalue weighted by molar-refractivity contribution is 6.36. The lowest BCUT2D eigenvalue weighted by Gasteiger charge is -1.79. The van der Waals surface area contributed by atoms with Gasteiger partial charge in [0.2, 0.25) is 0 Å². The van der Waals surface area contributed by atoms with Crippen molar-refractivity contribution < 1.29 is 9.52 Å². The Morgan fingerprint density at radius 3 is 3.10 bits per heavy atom. The first kappa shape index (κ1) is 5.68. The second kappa shape index (κ2) is 1.70. The fraction of sp³-hybridized carbons (Fsp3) is 0. The van der Waals surface area contributed by atoms with Crippen molar-refractivity contribution in [2.24, 2.45) is 0 Å². The number of rotatable bonds is 0. The molecule has 0 radical (unpaired) electrons. The van der Waals surface area contributed by atoms with Crippen LogP contribution in [0.2, 0.25) is 5.02 Å². The Balaban J connectivity index is 2.95. The van der Waals surface area contributed by atoms with Crippen LogP contribution in [0.1, 0.15) is 0 Å². The van der Waals surface area contributed by atoms with E-state index in [-0.39, 0.29) is 11.0 Å². The molecule has 0 aromatic carbocycles. The molecule has 0 aliphatic heterocycles. The molecule has 0 bridgehead atoms. The summed E-state index contributed by atoms with van der Waals surface area (Å²) in [6, 6.07) is 1.70. The van der Waals surface area contributed by atoms with Crippen LogP contribution in [-0.2, 0) is 0 Å². The molecule has 0 fully saturated rings. The zero-order chi connectivity index (χ0) is 7.14. The third-order valence-electron chi connectivity index (χ3n) is 1.32. The van der Waals surface area contributed by atoms with Crippen molar-refractivity contribution in [2.45, 2.75) is 0 Å². The molecule has 2 rings (SSSR count). The summed E-state index contributed by atoms with van der Waals surface area (Å²) in [7, 11) is 0. The molecule has 0 aliphatic rings. The van der Waals surface area contributed by atoms with Crippen molar-refractivity contribution in [3.05, 3.63) is 17.3 Å². The zero-order valence-corrected chi connectivity index (χ0v) is 5.64. The van der Waals surface area contributed by atoms with Gasteiger partial charge in [0, 0.05) is 6.20 Å². The summed E-state index contributed by atoms with van der Waals surface area (Å²) >= 11 is 5.61. The molecule has 3 nitrogen and oxygen atoms in total. The van der Waals surface area contributed by atoms with E-state index >= 15 is 0 Å². The summed E-state index contributed by atoms with van der Waals surface area (Å²) < 4.78 is 4.83. The number of aromatic amines is 1. The van der Waals surface area contributed by atoms with E-state index < -0.39 is 0 Å². The quantitative estimate of drug-likeness (QED) is 0.616. The van der Waals surface area contributed by atoms with Crippen LogP contribution in [0.25, 0.3) is 11.1 Å². The minimum absolute atomic E-state index is 0.233. The highest BCUT2D eigenvalue weighted by atomic mass is 35.5. The van der Waals surface area contributed by atoms with Crippen LogP contribution >= 0.6 is 11.6 Å². The fourth-order valence-corrected chi connectivity index (χ4v) is 1.05. The summed E-state index contributed by atoms with van der Waals surface area (Å²) in [6.45, 7) is 0. The van der Waals surface area contributed by atoms with E-state index in [1.54, 1.807) is 12.3 Å². The van der Waals surface area contributed by atoms with Crippen LogP contribution in [0.5, 0.6) is 5.95 Å². The van der Waals surface area contributed by atoms with E-state index in [0.717, 1.165) is 0 Å². The monoisotopic (exact) mass is 157 g/mol. The van der Waals surface area contributed by atoms with Crippen molar-refractivity contribution in [1.29, 1.82) is 0 Å². The third-order valence-corrected chi connectivity index (χ3v) is 1.67. The van der Waals surface area contributed by atoms with E-state index in [0.29, 0.717) is 11.1 Å². The molecule has 0 aliphatic carbocycles. The molecule has 52 valence electrons. The maximum atomic E-state index is 8.91. The maximum Gasteiger partial charge on any atom is 0.304 e. The second-order valence-electron chi connectivity index (χ2n) is 1.94. The molecule has 4 heteroatoms. The van der Waals surface area contributed by atoms with E-state index in [4.69, 9.17) is 21.1 Å². The first-order valence-corrected chi connectivity index (χ1v) is 3.11. The first-order chi connectivity index (χ1) is 4.79. The minimum atomic E-state index is -0.233. The van der Waals surface area contributed by atoms with Crippen LogP contribution in [0.3, 0.4) is 0 Å². The molecule has 2 N–H and O–H groups in total. The van der Waals surface area contributed by atoms with Crippen molar-refractivity contribution in [3.63, 3.8) is 0 Å². The molecular weight excluding hydrogens is 154 g/mol. The van der Waals surface area contributed by atoms with Crippen molar-refractivity contribution >= 4 is 22.7 Å². The molecule has 0 unspecified atom stereocenters. The highest BCUT2D eigenvalue weighted by Crippen LogP contribution is 2.33. The first-order valence-electron chi connectivity index (χ1n) is 2.73. The maximum absolute atomic E-state index is 8.91. The Morgan fingerprint density at radius 2 is 2.40 bits per heavy atom. The van der Waals surface area contributed by atoms with Gasteiger partial charge in [-0.3, -0.25) is 0 Å². The Labute approximate surface area is 61.2 Å². The van der Waals surface area contributed by atoms with Crippen LogP contribution in [0, 0.1) is 0 Å². The predicted molar refractivity (Wildman–Crippen MR) is 37.2 cm³/mol. The molecule has 2 aromatic heterocycles. The van der Waals surface area contributed by atoms with E-state index in [9.17, 15) is 0 Å². The van der Waals surface area contributed by atoms with Gasteiger partial charge >= 0.3 is 5.95 Å². The Kier molecular flexibility index (Phi) is 0.964. The van der Waals surface area contributed by atoms with Gasteiger partial charge in [-0.1, -0.05) is 11.6 Å². The van der Waals surface area contributed by atoms with Crippen molar-refractivity contribution in [3.8, 4) is 5.95 Å². The lowest BCUT2D eigenvalue weighted by Crippen LogP contribution is -1.58. The number of hydrogen-bond acceptors (Lipinski definition) is 2. The van der Waals surface area contributed by atoms with Gasteiger partial charge in [-0.2, -0.15) is 0 Å². The molecular formula is C6H4ClNO2. The van der Waals surface area contributed by atoms with Gasteiger partial charge in [0.25, 0.3) is 0 Å². The summed E-state index contributed by atoms with van der Waals surface area (Å²) in [4.78, 5) is 2.82. The zero-order valence-electron chi connectivity index (χ0n) is 4.89. The number of halogens is 1. The van der Waals surface area contributed by atoms with E-state index in [1.807, 2.05) is 0 Å². The highest BCUT2D eigenvalue weighted by Gasteiger charge is 2.10. The fourth-order valence-electron chi connectivity index (χ4n) is 0.868. The average molecular weight is 158 g/mol. The number of aromatic nitrogens is 1. The SMILES string of the molecule is Oc1oc2cc[nH]c2c1Cl. The van der Waals surface area contributed by atoms with Gasteiger partial charge in [0.05, 0.1) is 0 Å². The van der Waals surface area contributed by atoms with E-state index in [2.05, 4.69) is 4.98 Å². The number of aromatic hydroxyl groups is 1. The molecule has 2 aromatic rings. The van der Waals surface area contributed by atoms with Gasteiger partial charge < -0.3 is 14.5 Å². The number of H-pyrrole nitrogens is 1. The Morgan fingerprint density at radius 1 is 1.60 bits per heavy atom. The topological polar surface area (TPSA) is 49.2 Å². The summed E-state index contributed by atoms with van der Waals surface area (Å²) in [5.74, 6) is -0.233. The molecule has 0 atom stereocenters. The minimum Gasteiger partial charge on any atom is -0.480 e. The molecule has 0 saturated carbocycles. The van der Waals surface area contributed by atoms with Gasteiger partial charge in [0.1, 0.15) is 10.5 Å². The summed E-state index contributed by atoms with van der Waals surface area (Å²) in [6.07, 6.45) is 1.69. The molecule has 0 saturated heterocycles. The van der Waals surface area contributed by atoms with Gasteiger partial charge in [-0.05, 0) is 6.07 Å². The number of nitrogens with one attached hydrogen (secondary N) is 1. The predicted octanol–water partition coefficient (Wildman–Crippen LogP) is 2.12. The third kappa shape index (κ3) is 0.552. The smallest absolute Gasteiger partial charge is 0.304 e. The number of hydrogen-bond donors (Lipinski definition) is 2. The van der Waals surface area contributed by atoms with Crippen molar-refractivity contribution in [1.82, 2.24) is 4.98 Å². The van der Waals surface area contributed by atoms with E-state index in [1.165, 1.54) is 0 Å². The summed E-state index contributed by atoms with van der Waals surface area (Å²) in [5, 5.41) is 9.15. The van der Waals surface area contributed by atoms with Crippen LogP contribution in [0.4, 0.5) is 0 Å². The van der Waals surface area contributed by atoms with Crippen LogP contribution < -0.4 is 0 Å². The molecule has 10 heavy (non-hydrogen) atoms.